The molecule has 2 aliphatic heterocycles. The van der Waals surface area contributed by atoms with Crippen molar-refractivity contribution in [3.8, 4) is 11.5 Å². The van der Waals surface area contributed by atoms with Crippen LogP contribution in [-0.2, 0) is 6.42 Å². The van der Waals surface area contributed by atoms with Gasteiger partial charge in [-0.2, -0.15) is 0 Å². The second-order valence-corrected chi connectivity index (χ2v) is 6.02. The zero-order chi connectivity index (χ0) is 16.4. The number of carbonyl (C=O) groups is 1. The minimum atomic E-state index is -0.100. The molecule has 0 spiro atoms. The highest BCUT2D eigenvalue weighted by atomic mass is 16.6. The van der Waals surface area contributed by atoms with Crippen molar-refractivity contribution in [2.24, 2.45) is 0 Å². The van der Waals surface area contributed by atoms with E-state index >= 15 is 0 Å². The summed E-state index contributed by atoms with van der Waals surface area (Å²) in [7, 11) is 0. The van der Waals surface area contributed by atoms with Gasteiger partial charge in [0.05, 0.1) is 0 Å². The highest BCUT2D eigenvalue weighted by Gasteiger charge is 2.20. The number of carbonyl (C=O) groups excluding carboxylic acids is 1. The maximum Gasteiger partial charge on any atom is 0.251 e. The second kappa shape index (κ2) is 6.53. The molecular weight excluding hydrogens is 304 g/mol. The third-order valence-electron chi connectivity index (χ3n) is 4.49. The first-order valence-electron chi connectivity index (χ1n) is 8.30. The Balaban J connectivity index is 1.44. The third-order valence-corrected chi connectivity index (χ3v) is 4.49. The lowest BCUT2D eigenvalue weighted by molar-refractivity contribution is 0.0948. The molecule has 2 aliphatic rings. The Morgan fingerprint density at radius 3 is 2.88 bits per heavy atom. The highest BCUT2D eigenvalue weighted by Crippen LogP contribution is 2.30. The van der Waals surface area contributed by atoms with E-state index in [-0.39, 0.29) is 11.9 Å². The molecule has 5 heteroatoms. The molecule has 0 bridgehead atoms. The number of hydrogen-bond donors (Lipinski definition) is 2. The molecule has 1 unspecified atom stereocenters. The van der Waals surface area contributed by atoms with Gasteiger partial charge >= 0.3 is 0 Å². The molecule has 0 saturated carbocycles. The van der Waals surface area contributed by atoms with Gasteiger partial charge in [0.15, 0.2) is 11.5 Å². The van der Waals surface area contributed by atoms with Crippen molar-refractivity contribution >= 4 is 5.91 Å². The molecule has 0 radical (unpaired) electrons. The van der Waals surface area contributed by atoms with Gasteiger partial charge in [0.1, 0.15) is 13.2 Å². The summed E-state index contributed by atoms with van der Waals surface area (Å²) in [6, 6.07) is 13.8. The minimum absolute atomic E-state index is 0.100. The lowest BCUT2D eigenvalue weighted by Gasteiger charge is -2.27. The molecule has 0 saturated heterocycles. The van der Waals surface area contributed by atoms with Crippen molar-refractivity contribution < 1.29 is 14.3 Å². The van der Waals surface area contributed by atoms with E-state index in [1.807, 2.05) is 6.07 Å². The molecule has 1 amide bonds. The van der Waals surface area contributed by atoms with Gasteiger partial charge in [0.2, 0.25) is 0 Å². The smallest absolute Gasteiger partial charge is 0.251 e. The molecule has 0 aromatic heterocycles. The lowest BCUT2D eigenvalue weighted by atomic mass is 9.94. The number of benzene rings is 2. The van der Waals surface area contributed by atoms with Crippen LogP contribution in [0.2, 0.25) is 0 Å². The maximum atomic E-state index is 12.4. The first-order chi connectivity index (χ1) is 11.8. The number of hydrogen-bond acceptors (Lipinski definition) is 4. The van der Waals surface area contributed by atoms with Gasteiger partial charge in [-0.15, -0.1) is 0 Å². The van der Waals surface area contributed by atoms with E-state index < -0.39 is 0 Å². The molecule has 0 aliphatic carbocycles. The fraction of sp³-hybridized carbons (Fsp3) is 0.316. The normalized spacial score (nSPS) is 18.6. The molecule has 4 rings (SSSR count). The van der Waals surface area contributed by atoms with Crippen molar-refractivity contribution in [1.82, 2.24) is 10.6 Å². The summed E-state index contributed by atoms with van der Waals surface area (Å²) < 4.78 is 11.0. The van der Waals surface area contributed by atoms with E-state index in [1.54, 1.807) is 18.2 Å². The minimum Gasteiger partial charge on any atom is -0.486 e. The Bertz CT molecular complexity index is 760. The summed E-state index contributed by atoms with van der Waals surface area (Å²) in [5.74, 6) is 1.23. The number of nitrogens with one attached hydrogen (secondary N) is 2. The van der Waals surface area contributed by atoms with E-state index in [0.717, 1.165) is 13.0 Å². The van der Waals surface area contributed by atoms with Crippen molar-refractivity contribution in [2.45, 2.75) is 12.5 Å². The molecule has 5 nitrogen and oxygen atoms in total. The van der Waals surface area contributed by atoms with E-state index in [1.165, 1.54) is 11.1 Å². The fourth-order valence-electron chi connectivity index (χ4n) is 3.26. The van der Waals surface area contributed by atoms with Gasteiger partial charge in [-0.1, -0.05) is 24.3 Å². The summed E-state index contributed by atoms with van der Waals surface area (Å²) in [5, 5.41) is 6.49. The Morgan fingerprint density at radius 1 is 1.12 bits per heavy atom. The summed E-state index contributed by atoms with van der Waals surface area (Å²) >= 11 is 0. The van der Waals surface area contributed by atoms with E-state index in [9.17, 15) is 4.79 Å². The van der Waals surface area contributed by atoms with Crippen LogP contribution in [0.3, 0.4) is 0 Å². The molecule has 2 heterocycles. The van der Waals surface area contributed by atoms with Crippen molar-refractivity contribution in [3.05, 3.63) is 59.2 Å². The SMILES string of the molecule is O=C(NCC1NCCc2ccccc21)c1ccc2c(c1)OCCO2. The molecule has 2 N–H and O–H groups in total. The number of amides is 1. The van der Waals surface area contributed by atoms with Crippen LogP contribution in [0, 0.1) is 0 Å². The summed E-state index contributed by atoms with van der Waals surface area (Å²) in [5.41, 5.74) is 3.21. The standard InChI is InChI=1S/C19H20N2O3/c22-19(14-5-6-17-18(11-14)24-10-9-23-17)21-12-16-15-4-2-1-3-13(15)7-8-20-16/h1-6,11,16,20H,7-10,12H2,(H,21,22). The molecule has 1 atom stereocenters. The Kier molecular flexibility index (Phi) is 4.09. The van der Waals surface area contributed by atoms with Crippen LogP contribution in [0.25, 0.3) is 0 Å². The van der Waals surface area contributed by atoms with Crippen molar-refractivity contribution in [1.29, 1.82) is 0 Å². The monoisotopic (exact) mass is 324 g/mol. The average Bonchev–Trinajstić information content (AvgIpc) is 2.65. The maximum absolute atomic E-state index is 12.4. The molecule has 2 aromatic carbocycles. The molecular formula is C19H20N2O3. The van der Waals surface area contributed by atoms with Crippen LogP contribution in [-0.4, -0.2) is 32.2 Å². The first kappa shape index (κ1) is 15.0. The third kappa shape index (κ3) is 2.95. The Labute approximate surface area is 141 Å². The van der Waals surface area contributed by atoms with E-state index in [2.05, 4.69) is 28.8 Å². The first-order valence-corrected chi connectivity index (χ1v) is 8.30. The quantitative estimate of drug-likeness (QED) is 0.907. The van der Waals surface area contributed by atoms with Gasteiger partial charge in [-0.3, -0.25) is 4.79 Å². The average molecular weight is 324 g/mol. The van der Waals surface area contributed by atoms with E-state index in [4.69, 9.17) is 9.47 Å². The zero-order valence-corrected chi connectivity index (χ0v) is 13.4. The van der Waals surface area contributed by atoms with Crippen LogP contribution >= 0.6 is 0 Å². The summed E-state index contributed by atoms with van der Waals surface area (Å²) in [4.78, 5) is 12.4. The Morgan fingerprint density at radius 2 is 1.96 bits per heavy atom. The van der Waals surface area contributed by atoms with Gasteiger partial charge in [0.25, 0.3) is 5.91 Å². The molecule has 124 valence electrons. The zero-order valence-electron chi connectivity index (χ0n) is 13.4. The topological polar surface area (TPSA) is 59.6 Å². The van der Waals surface area contributed by atoms with Gasteiger partial charge in [0, 0.05) is 18.2 Å². The largest absolute Gasteiger partial charge is 0.486 e. The molecule has 24 heavy (non-hydrogen) atoms. The molecule has 0 fully saturated rings. The van der Waals surface area contributed by atoms with Crippen LogP contribution < -0.4 is 20.1 Å². The second-order valence-electron chi connectivity index (χ2n) is 6.02. The number of ether oxygens (including phenoxy) is 2. The van der Waals surface area contributed by atoms with E-state index in [0.29, 0.717) is 36.8 Å². The molecule has 2 aromatic rings. The van der Waals surface area contributed by atoms with Crippen LogP contribution in [0.4, 0.5) is 0 Å². The summed E-state index contributed by atoms with van der Waals surface area (Å²) in [6.45, 7) is 2.55. The fourth-order valence-corrected chi connectivity index (χ4v) is 3.26. The van der Waals surface area contributed by atoms with Crippen molar-refractivity contribution in [2.75, 3.05) is 26.3 Å². The van der Waals surface area contributed by atoms with Crippen LogP contribution in [0.1, 0.15) is 27.5 Å². The highest BCUT2D eigenvalue weighted by molar-refractivity contribution is 5.94. The van der Waals surface area contributed by atoms with Gasteiger partial charge < -0.3 is 20.1 Å². The number of rotatable bonds is 3. The lowest BCUT2D eigenvalue weighted by Crippen LogP contribution is -2.38. The summed E-state index contributed by atoms with van der Waals surface area (Å²) in [6.07, 6.45) is 1.03. The number of fused-ring (bicyclic) bond motifs is 2. The predicted octanol–water partition coefficient (Wildman–Crippen LogP) is 2.07. The van der Waals surface area contributed by atoms with Crippen molar-refractivity contribution in [3.63, 3.8) is 0 Å². The predicted molar refractivity (Wildman–Crippen MR) is 90.7 cm³/mol. The Hall–Kier alpha value is -2.53. The van der Waals surface area contributed by atoms with Crippen LogP contribution in [0.15, 0.2) is 42.5 Å². The van der Waals surface area contributed by atoms with Gasteiger partial charge in [-0.05, 0) is 42.3 Å². The van der Waals surface area contributed by atoms with Gasteiger partial charge in [-0.25, -0.2) is 0 Å². The van der Waals surface area contributed by atoms with Crippen LogP contribution in [0.5, 0.6) is 11.5 Å².